The first-order valence-electron chi connectivity index (χ1n) is 11.2. The van der Waals surface area contributed by atoms with Crippen LogP contribution in [0.25, 0.3) is 5.57 Å². The van der Waals surface area contributed by atoms with E-state index >= 15 is 0 Å². The Morgan fingerprint density at radius 3 is 2.50 bits per heavy atom. The lowest BCUT2D eigenvalue weighted by Gasteiger charge is -2.19. The van der Waals surface area contributed by atoms with E-state index in [4.69, 9.17) is 9.47 Å². The molecule has 1 aromatic heterocycles. The van der Waals surface area contributed by atoms with E-state index in [-0.39, 0.29) is 35.6 Å². The molecule has 0 radical (unpaired) electrons. The lowest BCUT2D eigenvalue weighted by atomic mass is 10.0. The van der Waals surface area contributed by atoms with E-state index in [9.17, 15) is 19.1 Å². The summed E-state index contributed by atoms with van der Waals surface area (Å²) < 4.78 is 25.7. The summed E-state index contributed by atoms with van der Waals surface area (Å²) in [4.78, 5) is 25.9. The van der Waals surface area contributed by atoms with Crippen LogP contribution in [0, 0.1) is 5.82 Å². The Morgan fingerprint density at radius 2 is 1.91 bits per heavy atom. The third-order valence-corrected chi connectivity index (χ3v) is 5.06. The summed E-state index contributed by atoms with van der Waals surface area (Å²) in [5.41, 5.74) is 0.965. The first-order chi connectivity index (χ1) is 15.9. The fraction of sp³-hybridized carbons (Fsp3) is 0.480. The number of carbonyl (C=O) groups is 1. The molecule has 0 fully saturated rings. The maximum Gasteiger partial charge on any atom is 0.275 e. The number of rotatable bonds is 10. The monoisotopic (exact) mass is 475 g/mol. The molecule has 0 saturated heterocycles. The fourth-order valence-corrected chi connectivity index (χ4v) is 3.30. The second-order valence-electron chi connectivity index (χ2n) is 8.73. The first-order valence-corrected chi connectivity index (χ1v) is 11.2. The van der Waals surface area contributed by atoms with Crippen LogP contribution < -0.4 is 15.6 Å². The van der Waals surface area contributed by atoms with Gasteiger partial charge in [-0.3, -0.25) is 9.59 Å². The molecule has 2 N–H and O–H groups in total. The third kappa shape index (κ3) is 6.90. The van der Waals surface area contributed by atoms with Crippen molar-refractivity contribution >= 4 is 11.5 Å². The van der Waals surface area contributed by atoms with Crippen molar-refractivity contribution in [2.45, 2.75) is 72.3 Å². The largest absolute Gasteiger partial charge is 0.498 e. The van der Waals surface area contributed by atoms with Crippen LogP contribution in [0.5, 0.6) is 5.75 Å². The zero-order valence-corrected chi connectivity index (χ0v) is 20.8. The number of amides is 1. The summed E-state index contributed by atoms with van der Waals surface area (Å²) in [6.45, 7) is 10.7. The van der Waals surface area contributed by atoms with Gasteiger partial charge < -0.3 is 19.9 Å². The summed E-state index contributed by atoms with van der Waals surface area (Å²) in [6.07, 6.45) is 0.203. The maximum absolute atomic E-state index is 13.8. The van der Waals surface area contributed by atoms with Crippen molar-refractivity contribution in [1.82, 2.24) is 15.1 Å². The van der Waals surface area contributed by atoms with Crippen molar-refractivity contribution in [3.05, 3.63) is 63.5 Å². The molecule has 0 saturated carbocycles. The molecule has 0 spiro atoms. The summed E-state index contributed by atoms with van der Waals surface area (Å²) in [6, 6.07) is 4.41. The summed E-state index contributed by atoms with van der Waals surface area (Å²) in [5.74, 6) is -0.550. The number of allylic oxidation sites excluding steroid dienone is 1. The number of nitrogens with zero attached hydrogens (tertiary/aromatic N) is 2. The fourth-order valence-electron chi connectivity index (χ4n) is 3.30. The van der Waals surface area contributed by atoms with Gasteiger partial charge in [0.25, 0.3) is 5.56 Å². The first kappa shape index (κ1) is 27.0. The Labute approximate surface area is 199 Å². The van der Waals surface area contributed by atoms with Gasteiger partial charge in [-0.1, -0.05) is 0 Å². The number of aliphatic hydroxyl groups excluding tert-OH is 1. The minimum atomic E-state index is -1.16. The Balaban J connectivity index is 2.55. The van der Waals surface area contributed by atoms with Crippen LogP contribution in [-0.2, 0) is 16.0 Å². The van der Waals surface area contributed by atoms with Crippen molar-refractivity contribution in [1.29, 1.82) is 0 Å². The number of methoxy groups -OCH3 is 1. The number of hydrogen-bond donors (Lipinski definition) is 2. The number of aromatic nitrogens is 2. The van der Waals surface area contributed by atoms with Crippen LogP contribution in [0.4, 0.5) is 4.39 Å². The lowest BCUT2D eigenvalue weighted by Crippen LogP contribution is -2.41. The number of hydrogen-bond acceptors (Lipinski definition) is 6. The van der Waals surface area contributed by atoms with Gasteiger partial charge in [-0.25, -0.2) is 9.07 Å². The highest BCUT2D eigenvalue weighted by molar-refractivity contribution is 5.80. The molecule has 0 aliphatic carbocycles. The van der Waals surface area contributed by atoms with Crippen LogP contribution in [-0.4, -0.2) is 40.0 Å². The minimum absolute atomic E-state index is 0.0378. The van der Waals surface area contributed by atoms with Crippen LogP contribution in [0.3, 0.4) is 0 Å². The van der Waals surface area contributed by atoms with Gasteiger partial charge in [-0.05, 0) is 71.4 Å². The van der Waals surface area contributed by atoms with Gasteiger partial charge in [-0.2, -0.15) is 5.10 Å². The van der Waals surface area contributed by atoms with E-state index in [0.717, 1.165) is 4.68 Å². The zero-order valence-electron chi connectivity index (χ0n) is 20.8. The number of aliphatic hydroxyl groups is 1. The number of benzene rings is 1. The number of halogens is 1. The molecule has 0 aliphatic heterocycles. The molecule has 0 aliphatic rings. The quantitative estimate of drug-likeness (QED) is 0.510. The molecule has 34 heavy (non-hydrogen) atoms. The average molecular weight is 476 g/mol. The maximum atomic E-state index is 13.8. The highest BCUT2D eigenvalue weighted by Crippen LogP contribution is 2.28. The molecule has 186 valence electrons. The predicted molar refractivity (Wildman–Crippen MR) is 128 cm³/mol. The molecule has 1 aromatic carbocycles. The Bertz CT molecular complexity index is 1090. The Hall–Kier alpha value is -3.20. The summed E-state index contributed by atoms with van der Waals surface area (Å²) >= 11 is 0. The van der Waals surface area contributed by atoms with Crippen molar-refractivity contribution in [2.24, 2.45) is 0 Å². The number of carbonyl (C=O) groups excluding carboxylic acids is 1. The van der Waals surface area contributed by atoms with Gasteiger partial charge in [-0.15, -0.1) is 0 Å². The highest BCUT2D eigenvalue weighted by Gasteiger charge is 2.23. The number of ether oxygens (including phenoxy) is 2. The SMILES string of the molecule is COc1ccc(F)cc1C(O)Cc1cc(/C(C)=C/OC(C)C)c(=O)n(C(C)C(=O)NC(C)C)n1. The summed E-state index contributed by atoms with van der Waals surface area (Å²) in [7, 11) is 1.43. The average Bonchev–Trinajstić information content (AvgIpc) is 2.77. The van der Waals surface area contributed by atoms with Crippen molar-refractivity contribution in [3.8, 4) is 5.75 Å². The summed E-state index contributed by atoms with van der Waals surface area (Å²) in [5, 5.41) is 18.0. The molecule has 2 unspecified atom stereocenters. The third-order valence-electron chi connectivity index (χ3n) is 5.06. The molecule has 2 rings (SSSR count). The molecule has 8 nitrogen and oxygen atoms in total. The Morgan fingerprint density at radius 1 is 1.24 bits per heavy atom. The van der Waals surface area contributed by atoms with E-state index in [2.05, 4.69) is 10.4 Å². The normalized spacial score (nSPS) is 13.7. The van der Waals surface area contributed by atoms with Gasteiger partial charge in [0.15, 0.2) is 0 Å². The molecular formula is C25H34FN3O5. The zero-order chi connectivity index (χ0) is 25.6. The van der Waals surface area contributed by atoms with Crippen molar-refractivity contribution < 1.29 is 23.8 Å². The molecule has 9 heteroatoms. The predicted octanol–water partition coefficient (Wildman–Crippen LogP) is 3.54. The second-order valence-corrected chi connectivity index (χ2v) is 8.73. The molecule has 1 amide bonds. The topological polar surface area (TPSA) is 103 Å². The molecule has 0 bridgehead atoms. The van der Waals surface area contributed by atoms with Crippen molar-refractivity contribution in [3.63, 3.8) is 0 Å². The standard InChI is InChI=1S/C25H34FN3O5/c1-14(2)27-24(31)17(6)29-25(32)20(16(5)13-34-15(3)4)11-19(28-29)12-22(30)21-10-18(26)8-9-23(21)33-7/h8-11,13-15,17,22,30H,12H2,1-7H3,(H,27,31)/b16-13+. The minimum Gasteiger partial charge on any atom is -0.498 e. The smallest absolute Gasteiger partial charge is 0.275 e. The molecule has 1 heterocycles. The number of nitrogens with one attached hydrogen (secondary N) is 1. The highest BCUT2D eigenvalue weighted by atomic mass is 19.1. The van der Waals surface area contributed by atoms with E-state index in [0.29, 0.717) is 17.0 Å². The van der Waals surface area contributed by atoms with Crippen molar-refractivity contribution in [2.75, 3.05) is 7.11 Å². The molecular weight excluding hydrogens is 441 g/mol. The molecule has 2 aromatic rings. The second kappa shape index (κ2) is 11.8. The van der Waals surface area contributed by atoms with Crippen LogP contribution in [0.1, 0.15) is 70.5 Å². The van der Waals surface area contributed by atoms with Gasteiger partial charge in [0.2, 0.25) is 5.91 Å². The molecule has 2 atom stereocenters. The van der Waals surface area contributed by atoms with Crippen LogP contribution in [0.15, 0.2) is 35.3 Å². The van der Waals surface area contributed by atoms with Crippen LogP contribution >= 0.6 is 0 Å². The van der Waals surface area contributed by atoms with E-state index < -0.39 is 23.5 Å². The Kier molecular flexibility index (Phi) is 9.37. The lowest BCUT2D eigenvalue weighted by molar-refractivity contribution is -0.124. The van der Waals surface area contributed by atoms with Crippen LogP contribution in [0.2, 0.25) is 0 Å². The van der Waals surface area contributed by atoms with E-state index in [1.807, 2.05) is 27.7 Å². The van der Waals surface area contributed by atoms with Gasteiger partial charge >= 0.3 is 0 Å². The van der Waals surface area contributed by atoms with Gasteiger partial charge in [0.05, 0.1) is 31.3 Å². The van der Waals surface area contributed by atoms with E-state index in [1.165, 1.54) is 31.6 Å². The van der Waals surface area contributed by atoms with E-state index in [1.54, 1.807) is 19.9 Å². The van der Waals surface area contributed by atoms with Gasteiger partial charge in [0, 0.05) is 23.6 Å². The van der Waals surface area contributed by atoms with Gasteiger partial charge in [0.1, 0.15) is 17.6 Å².